The Labute approximate surface area is 331 Å². The number of benzene rings is 4. The second kappa shape index (κ2) is 17.1. The number of aromatic nitrogens is 12. The van der Waals surface area contributed by atoms with Crippen LogP contribution in [-0.2, 0) is 14.1 Å². The van der Waals surface area contributed by atoms with Gasteiger partial charge >= 0.3 is 0 Å². The third-order valence-electron chi connectivity index (χ3n) is 8.61. The van der Waals surface area contributed by atoms with Crippen LogP contribution in [0.15, 0.2) is 132 Å². The molecule has 0 aliphatic carbocycles. The van der Waals surface area contributed by atoms with Gasteiger partial charge in [0.05, 0.1) is 36.9 Å². The monoisotopic (exact) mass is 774 g/mol. The summed E-state index contributed by atoms with van der Waals surface area (Å²) in [4.78, 5) is 8.56. The number of thioether (sulfide) groups is 2. The first-order chi connectivity index (χ1) is 27.3. The standard InChI is InChI=1S/2C20H17N7S/c1-14(28-20-24-22-13-26(20)3)15-6-5-9-18(11-15)27-12-19(23-25-27)16-7-4-8-17(10-16)21-2;1-14(28-20-24-22-13-26(20)3)15-6-5-9-18(11-15)27-23-12-19(25-27)16-7-4-8-17(10-16)21-2/h2*4-14H,1,3H3/t2*14-/m00/s1. The zero-order valence-corrected chi connectivity index (χ0v) is 32.4. The van der Waals surface area contributed by atoms with Crippen LogP contribution in [0.1, 0.15) is 35.5 Å². The molecule has 276 valence electrons. The molecule has 0 radical (unpaired) electrons. The summed E-state index contributed by atoms with van der Waals surface area (Å²) >= 11 is 3.31. The summed E-state index contributed by atoms with van der Waals surface area (Å²) in [5.74, 6) is 0. The molecule has 4 aromatic heterocycles. The van der Waals surface area contributed by atoms with E-state index in [-0.39, 0.29) is 10.5 Å². The number of nitrogens with zero attached hydrogens (tertiary/aromatic N) is 14. The van der Waals surface area contributed by atoms with Gasteiger partial charge in [0.25, 0.3) is 0 Å². The highest BCUT2D eigenvalue weighted by atomic mass is 32.2. The Morgan fingerprint density at radius 1 is 0.625 bits per heavy atom. The Morgan fingerprint density at radius 2 is 1.16 bits per heavy atom. The van der Waals surface area contributed by atoms with Crippen LogP contribution in [0, 0.1) is 13.1 Å². The van der Waals surface area contributed by atoms with Crippen molar-refractivity contribution in [2.75, 3.05) is 0 Å². The van der Waals surface area contributed by atoms with E-state index >= 15 is 0 Å². The molecule has 0 fully saturated rings. The maximum atomic E-state index is 7.16. The van der Waals surface area contributed by atoms with Gasteiger partial charge < -0.3 is 9.13 Å². The minimum absolute atomic E-state index is 0.202. The average molecular weight is 775 g/mol. The zero-order valence-electron chi connectivity index (χ0n) is 30.8. The van der Waals surface area contributed by atoms with Crippen LogP contribution >= 0.6 is 23.5 Å². The molecule has 0 saturated carbocycles. The van der Waals surface area contributed by atoms with Gasteiger partial charge in [-0.2, -0.15) is 9.90 Å². The zero-order chi connectivity index (χ0) is 39.0. The molecule has 4 heterocycles. The highest BCUT2D eigenvalue weighted by molar-refractivity contribution is 7.99. The fourth-order valence-corrected chi connectivity index (χ4v) is 7.36. The fraction of sp³-hybridized carbons (Fsp3) is 0.150. The van der Waals surface area contributed by atoms with E-state index in [0.717, 1.165) is 55.3 Å². The van der Waals surface area contributed by atoms with Crippen molar-refractivity contribution in [1.29, 1.82) is 0 Å². The molecule has 8 aromatic rings. The molecule has 0 aliphatic heterocycles. The van der Waals surface area contributed by atoms with Crippen molar-refractivity contribution in [2.24, 2.45) is 14.1 Å². The quantitative estimate of drug-likeness (QED) is 0.0980. The summed E-state index contributed by atoms with van der Waals surface area (Å²) in [6, 6.07) is 31.1. The number of hydrogen-bond acceptors (Lipinski definition) is 10. The largest absolute Gasteiger partial charge is 0.312 e. The number of aryl methyl sites for hydroxylation is 2. The van der Waals surface area contributed by atoms with Gasteiger partial charge in [0, 0.05) is 24.6 Å². The maximum Gasteiger partial charge on any atom is 0.191 e. The van der Waals surface area contributed by atoms with E-state index in [1.54, 1.807) is 64.0 Å². The molecule has 8 rings (SSSR count). The van der Waals surface area contributed by atoms with E-state index in [1.165, 1.54) is 0 Å². The molecule has 0 saturated heterocycles. The van der Waals surface area contributed by atoms with Crippen molar-refractivity contribution in [3.8, 4) is 33.9 Å². The van der Waals surface area contributed by atoms with Crippen molar-refractivity contribution >= 4 is 34.9 Å². The molecule has 16 heteroatoms. The lowest BCUT2D eigenvalue weighted by atomic mass is 10.1. The third-order valence-corrected chi connectivity index (χ3v) is 11.0. The topological polar surface area (TPSA) is 132 Å². The van der Waals surface area contributed by atoms with E-state index in [1.807, 2.05) is 90.1 Å². The predicted molar refractivity (Wildman–Crippen MR) is 217 cm³/mol. The summed E-state index contributed by atoms with van der Waals surface area (Å²) in [7, 11) is 3.87. The lowest BCUT2D eigenvalue weighted by Gasteiger charge is -2.12. The molecular formula is C40H34N14S2. The predicted octanol–water partition coefficient (Wildman–Crippen LogP) is 8.93. The van der Waals surface area contributed by atoms with E-state index in [2.05, 4.69) is 88.7 Å². The number of hydrogen-bond donors (Lipinski definition) is 0. The summed E-state index contributed by atoms with van der Waals surface area (Å²) in [6.07, 6.45) is 6.99. The van der Waals surface area contributed by atoms with Gasteiger partial charge in [0.1, 0.15) is 24.0 Å². The molecule has 56 heavy (non-hydrogen) atoms. The SMILES string of the molecule is [C-]#[N+]c1cccc(-c2cn(-c3cccc([C@H](C)Sc4nncn4C)c3)nn2)c1.[C-]#[N+]c1cccc(-c2cnn(-c3cccc([C@H](C)Sc4nncn4C)c3)n2)c1. The van der Waals surface area contributed by atoms with Gasteiger partial charge in [-0.05, 0) is 72.5 Å². The molecule has 0 bridgehead atoms. The summed E-state index contributed by atoms with van der Waals surface area (Å²) in [6.45, 7) is 18.6. The molecule has 0 aliphatic rings. The Morgan fingerprint density at radius 3 is 1.71 bits per heavy atom. The Kier molecular flexibility index (Phi) is 11.4. The van der Waals surface area contributed by atoms with Crippen LogP contribution in [0.25, 0.3) is 43.6 Å². The highest BCUT2D eigenvalue weighted by Crippen LogP contribution is 2.35. The molecule has 0 unspecified atom stereocenters. The van der Waals surface area contributed by atoms with Crippen molar-refractivity contribution in [3.63, 3.8) is 0 Å². The van der Waals surface area contributed by atoms with Crippen LogP contribution in [0.5, 0.6) is 0 Å². The number of rotatable bonds is 10. The normalized spacial score (nSPS) is 11.9. The van der Waals surface area contributed by atoms with Crippen LogP contribution in [0.4, 0.5) is 11.4 Å². The van der Waals surface area contributed by atoms with Gasteiger partial charge in [-0.15, -0.1) is 30.6 Å². The molecule has 14 nitrogen and oxygen atoms in total. The summed E-state index contributed by atoms with van der Waals surface area (Å²) in [5, 5.41) is 35.8. The summed E-state index contributed by atoms with van der Waals surface area (Å²) < 4.78 is 5.57. The van der Waals surface area contributed by atoms with Crippen LogP contribution in [0.2, 0.25) is 0 Å². The van der Waals surface area contributed by atoms with Gasteiger partial charge in [-0.25, -0.2) is 14.4 Å². The molecule has 0 N–H and O–H groups in total. The second-order valence-corrected chi connectivity index (χ2v) is 15.2. The maximum absolute atomic E-state index is 7.16. The first-order valence-electron chi connectivity index (χ1n) is 17.3. The average Bonchev–Trinajstić information content (AvgIpc) is 4.08. The molecule has 0 spiro atoms. The molecule has 0 amide bonds. The Bertz CT molecular complexity index is 2490. The second-order valence-electron chi connectivity index (χ2n) is 12.6. The molecule has 2 atom stereocenters. The van der Waals surface area contributed by atoms with Crippen LogP contribution < -0.4 is 0 Å². The molecule has 4 aromatic carbocycles. The van der Waals surface area contributed by atoms with E-state index < -0.39 is 0 Å². The lowest BCUT2D eigenvalue weighted by molar-refractivity contribution is 0.752. The Balaban J connectivity index is 0.000000172. The Hall–Kier alpha value is -6.88. The van der Waals surface area contributed by atoms with Crippen molar-refractivity contribution in [1.82, 2.24) is 59.5 Å². The van der Waals surface area contributed by atoms with Gasteiger partial charge in [-0.3, -0.25) is 0 Å². The van der Waals surface area contributed by atoms with Crippen molar-refractivity contribution in [2.45, 2.75) is 34.7 Å². The van der Waals surface area contributed by atoms with Crippen LogP contribution in [0.3, 0.4) is 0 Å². The minimum atomic E-state index is 0.202. The third kappa shape index (κ3) is 8.73. The minimum Gasteiger partial charge on any atom is -0.312 e. The van der Waals surface area contributed by atoms with Gasteiger partial charge in [-0.1, -0.05) is 89.4 Å². The lowest BCUT2D eigenvalue weighted by Crippen LogP contribution is -2.01. The van der Waals surface area contributed by atoms with E-state index in [0.29, 0.717) is 11.4 Å². The van der Waals surface area contributed by atoms with Crippen molar-refractivity contribution < 1.29 is 0 Å². The van der Waals surface area contributed by atoms with Gasteiger partial charge in [0.2, 0.25) is 0 Å². The van der Waals surface area contributed by atoms with E-state index in [4.69, 9.17) is 13.1 Å². The first kappa shape index (κ1) is 37.4. The van der Waals surface area contributed by atoms with Crippen LogP contribution in [-0.4, -0.2) is 59.5 Å². The molecular weight excluding hydrogens is 741 g/mol. The van der Waals surface area contributed by atoms with Crippen molar-refractivity contribution in [3.05, 3.63) is 156 Å². The first-order valence-corrected chi connectivity index (χ1v) is 19.1. The fourth-order valence-electron chi connectivity index (χ4n) is 5.54. The highest BCUT2D eigenvalue weighted by Gasteiger charge is 2.15. The van der Waals surface area contributed by atoms with Gasteiger partial charge in [0.15, 0.2) is 21.7 Å². The smallest absolute Gasteiger partial charge is 0.191 e. The summed E-state index contributed by atoms with van der Waals surface area (Å²) in [5.41, 5.74) is 8.53. The van der Waals surface area contributed by atoms with E-state index in [9.17, 15) is 0 Å².